The molecule has 0 N–H and O–H groups in total. The lowest BCUT2D eigenvalue weighted by molar-refractivity contribution is 0.105. The quantitative estimate of drug-likeness (QED) is 0.465. The third-order valence-electron chi connectivity index (χ3n) is 2.53. The van der Waals surface area contributed by atoms with Crippen molar-refractivity contribution in [1.82, 2.24) is 4.90 Å². The van der Waals surface area contributed by atoms with Crippen LogP contribution in [0.4, 0.5) is 0 Å². The Bertz CT molecular complexity index is 493. The number of hydrogen-bond donors (Lipinski definition) is 0. The largest absolute Gasteiger partial charge is 0.496 e. The van der Waals surface area contributed by atoms with Crippen molar-refractivity contribution in [2.75, 3.05) is 21.2 Å². The third kappa shape index (κ3) is 3.53. The van der Waals surface area contributed by atoms with Gasteiger partial charge in [-0.25, -0.2) is 0 Å². The molecule has 1 rings (SSSR count). The standard InChI is InChI=1S/C15H19NO2/c1-11(2)12-6-7-13(15(10-12)18-5)14(17)8-9-16(3)4/h6-7,10-11H,1-5H3. The molecule has 0 amide bonds. The van der Waals surface area contributed by atoms with E-state index in [-0.39, 0.29) is 5.78 Å². The van der Waals surface area contributed by atoms with Crippen LogP contribution in [0.25, 0.3) is 0 Å². The smallest absolute Gasteiger partial charge is 0.241 e. The van der Waals surface area contributed by atoms with Crippen LogP contribution in [-0.4, -0.2) is 31.9 Å². The molecule has 0 fully saturated rings. The van der Waals surface area contributed by atoms with E-state index in [0.29, 0.717) is 17.2 Å². The molecule has 3 heteroatoms. The van der Waals surface area contributed by atoms with E-state index >= 15 is 0 Å². The minimum atomic E-state index is -0.226. The van der Waals surface area contributed by atoms with Crippen molar-refractivity contribution >= 4 is 5.78 Å². The summed E-state index contributed by atoms with van der Waals surface area (Å²) < 4.78 is 5.26. The van der Waals surface area contributed by atoms with Gasteiger partial charge >= 0.3 is 0 Å². The van der Waals surface area contributed by atoms with Crippen LogP contribution in [0.1, 0.15) is 35.7 Å². The molecule has 1 aromatic carbocycles. The van der Waals surface area contributed by atoms with Crippen LogP contribution < -0.4 is 4.74 Å². The number of methoxy groups -OCH3 is 1. The summed E-state index contributed by atoms with van der Waals surface area (Å²) in [5.41, 5.74) is 1.65. The summed E-state index contributed by atoms with van der Waals surface area (Å²) in [6, 6.07) is 8.33. The lowest BCUT2D eigenvalue weighted by atomic mass is 9.99. The lowest BCUT2D eigenvalue weighted by Crippen LogP contribution is -2.05. The van der Waals surface area contributed by atoms with Gasteiger partial charge in [-0.15, -0.1) is 0 Å². The number of ketones is 1. The molecule has 0 radical (unpaired) electrons. The first-order valence-corrected chi connectivity index (χ1v) is 5.87. The molecule has 0 saturated carbocycles. The first kappa shape index (κ1) is 14.1. The predicted octanol–water partition coefficient (Wildman–Crippen LogP) is 2.52. The Balaban J connectivity index is 3.11. The molecule has 3 nitrogen and oxygen atoms in total. The Morgan fingerprint density at radius 1 is 1.33 bits per heavy atom. The first-order valence-electron chi connectivity index (χ1n) is 5.87. The SMILES string of the molecule is COc1cc(C(C)C)ccc1C(=O)C#CN(C)C. The van der Waals surface area contributed by atoms with Crippen molar-refractivity contribution in [3.8, 4) is 17.7 Å². The summed E-state index contributed by atoms with van der Waals surface area (Å²) in [4.78, 5) is 13.6. The van der Waals surface area contributed by atoms with Crippen LogP contribution in [-0.2, 0) is 0 Å². The van der Waals surface area contributed by atoms with Crippen molar-refractivity contribution < 1.29 is 9.53 Å². The summed E-state index contributed by atoms with van der Waals surface area (Å²) >= 11 is 0. The number of hydrogen-bond acceptors (Lipinski definition) is 3. The molecule has 0 aliphatic heterocycles. The summed E-state index contributed by atoms with van der Waals surface area (Å²) in [6.45, 7) is 4.20. The second-order valence-corrected chi connectivity index (χ2v) is 4.57. The van der Waals surface area contributed by atoms with E-state index in [1.54, 1.807) is 32.2 Å². The van der Waals surface area contributed by atoms with Crippen LogP contribution in [0.15, 0.2) is 18.2 Å². The number of benzene rings is 1. The fraction of sp³-hybridized carbons (Fsp3) is 0.400. The molecule has 0 unspecified atom stereocenters. The van der Waals surface area contributed by atoms with E-state index in [9.17, 15) is 4.79 Å². The van der Waals surface area contributed by atoms with Gasteiger partial charge in [0.05, 0.1) is 12.7 Å². The molecular weight excluding hydrogens is 226 g/mol. The highest BCUT2D eigenvalue weighted by Crippen LogP contribution is 2.24. The van der Waals surface area contributed by atoms with Crippen LogP contribution in [0.3, 0.4) is 0 Å². The Hall–Kier alpha value is -1.95. The lowest BCUT2D eigenvalue weighted by Gasteiger charge is -2.10. The maximum atomic E-state index is 11.9. The van der Waals surface area contributed by atoms with Crippen molar-refractivity contribution in [3.05, 3.63) is 29.3 Å². The van der Waals surface area contributed by atoms with Crippen LogP contribution in [0.2, 0.25) is 0 Å². The van der Waals surface area contributed by atoms with E-state index in [2.05, 4.69) is 25.8 Å². The van der Waals surface area contributed by atoms with Gasteiger partial charge in [-0.2, -0.15) is 0 Å². The fourth-order valence-electron chi connectivity index (χ4n) is 1.48. The van der Waals surface area contributed by atoms with Gasteiger partial charge in [-0.3, -0.25) is 4.79 Å². The Labute approximate surface area is 109 Å². The van der Waals surface area contributed by atoms with Gasteiger partial charge in [0.1, 0.15) is 5.75 Å². The number of rotatable bonds is 3. The molecule has 96 valence electrons. The molecule has 0 bridgehead atoms. The molecule has 0 atom stereocenters. The van der Waals surface area contributed by atoms with Gasteiger partial charge < -0.3 is 9.64 Å². The number of carbonyl (C=O) groups is 1. The van der Waals surface area contributed by atoms with Crippen molar-refractivity contribution in [1.29, 1.82) is 0 Å². The van der Waals surface area contributed by atoms with Crippen LogP contribution >= 0.6 is 0 Å². The molecule has 1 aromatic rings. The zero-order valence-electron chi connectivity index (χ0n) is 11.6. The summed E-state index contributed by atoms with van der Waals surface area (Å²) in [5, 5.41) is 0. The van der Waals surface area contributed by atoms with Crippen LogP contribution in [0.5, 0.6) is 5.75 Å². The monoisotopic (exact) mass is 245 g/mol. The summed E-state index contributed by atoms with van der Waals surface area (Å²) in [6.07, 6.45) is 0. The van der Waals surface area contributed by atoms with Crippen molar-refractivity contribution in [2.24, 2.45) is 0 Å². The average molecular weight is 245 g/mol. The van der Waals surface area contributed by atoms with Crippen molar-refractivity contribution in [3.63, 3.8) is 0 Å². The zero-order valence-corrected chi connectivity index (χ0v) is 11.6. The van der Waals surface area contributed by atoms with E-state index in [4.69, 9.17) is 4.74 Å². The van der Waals surface area contributed by atoms with Crippen LogP contribution in [0, 0.1) is 12.0 Å². The maximum absolute atomic E-state index is 11.9. The highest BCUT2D eigenvalue weighted by molar-refractivity contribution is 6.10. The maximum Gasteiger partial charge on any atom is 0.241 e. The molecule has 0 saturated heterocycles. The predicted molar refractivity (Wildman–Crippen MR) is 72.9 cm³/mol. The third-order valence-corrected chi connectivity index (χ3v) is 2.53. The summed E-state index contributed by atoms with van der Waals surface area (Å²) in [5.74, 6) is 3.33. The van der Waals surface area contributed by atoms with Gasteiger partial charge in [0.15, 0.2) is 0 Å². The number of ether oxygens (including phenoxy) is 1. The Morgan fingerprint density at radius 2 is 2.00 bits per heavy atom. The molecule has 0 spiro atoms. The van der Waals surface area contributed by atoms with Gasteiger partial charge in [0.2, 0.25) is 5.78 Å². The molecule has 0 heterocycles. The zero-order chi connectivity index (χ0) is 13.7. The molecular formula is C15H19NO2. The van der Waals surface area contributed by atoms with Gasteiger partial charge in [-0.1, -0.05) is 19.9 Å². The molecule has 18 heavy (non-hydrogen) atoms. The van der Waals surface area contributed by atoms with E-state index in [0.717, 1.165) is 5.56 Å². The van der Waals surface area contributed by atoms with E-state index in [1.807, 2.05) is 12.1 Å². The van der Waals surface area contributed by atoms with Crippen molar-refractivity contribution in [2.45, 2.75) is 19.8 Å². The van der Waals surface area contributed by atoms with E-state index < -0.39 is 0 Å². The minimum Gasteiger partial charge on any atom is -0.496 e. The highest BCUT2D eigenvalue weighted by Gasteiger charge is 2.12. The molecule has 0 aliphatic rings. The average Bonchev–Trinajstić information content (AvgIpc) is 2.34. The van der Waals surface area contributed by atoms with Gasteiger partial charge in [-0.05, 0) is 23.6 Å². The normalized spacial score (nSPS) is 9.67. The van der Waals surface area contributed by atoms with Gasteiger partial charge in [0.25, 0.3) is 0 Å². The summed E-state index contributed by atoms with van der Waals surface area (Å²) in [7, 11) is 5.15. The molecule has 0 aliphatic carbocycles. The number of nitrogens with zero attached hydrogens (tertiary/aromatic N) is 1. The van der Waals surface area contributed by atoms with Gasteiger partial charge in [0, 0.05) is 26.1 Å². The Morgan fingerprint density at radius 3 is 2.50 bits per heavy atom. The topological polar surface area (TPSA) is 29.5 Å². The number of carbonyl (C=O) groups excluding carboxylic acids is 1. The molecule has 0 aromatic heterocycles. The number of Topliss-reactive ketones (excluding diaryl/α,β-unsaturated/α-hetero) is 1. The first-order chi connectivity index (χ1) is 8.45. The second-order valence-electron chi connectivity index (χ2n) is 4.57. The second kappa shape index (κ2) is 6.11. The highest BCUT2D eigenvalue weighted by atomic mass is 16.5. The fourth-order valence-corrected chi connectivity index (χ4v) is 1.48. The minimum absolute atomic E-state index is 0.226. The van der Waals surface area contributed by atoms with E-state index in [1.165, 1.54) is 0 Å². The Kier molecular flexibility index (Phi) is 4.79.